The summed E-state index contributed by atoms with van der Waals surface area (Å²) >= 11 is 7.45. The number of hydrogen-bond donors (Lipinski definition) is 0. The number of aromatic nitrogens is 1. The van der Waals surface area contributed by atoms with Crippen LogP contribution in [0.25, 0.3) is 0 Å². The Bertz CT molecular complexity index is 549. The molecule has 0 aliphatic carbocycles. The van der Waals surface area contributed by atoms with Crippen LogP contribution < -0.4 is 9.47 Å². The van der Waals surface area contributed by atoms with Crippen molar-refractivity contribution in [2.24, 2.45) is 0 Å². The molecule has 0 amide bonds. The summed E-state index contributed by atoms with van der Waals surface area (Å²) in [6.45, 7) is 4.52. The summed E-state index contributed by atoms with van der Waals surface area (Å²) in [5.74, 6) is 1.87. The summed E-state index contributed by atoms with van der Waals surface area (Å²) < 4.78 is 11.1. The van der Waals surface area contributed by atoms with Crippen LogP contribution in [0.5, 0.6) is 11.5 Å². The number of nitrogens with zero attached hydrogens (tertiary/aromatic N) is 1. The van der Waals surface area contributed by atoms with Crippen LogP contribution in [0.2, 0.25) is 0 Å². The summed E-state index contributed by atoms with van der Waals surface area (Å²) in [6, 6.07) is 5.70. The highest BCUT2D eigenvalue weighted by Gasteiger charge is 2.08. The summed E-state index contributed by atoms with van der Waals surface area (Å²) in [7, 11) is 1.62. The van der Waals surface area contributed by atoms with E-state index in [0.29, 0.717) is 24.0 Å². The SMILES string of the molecule is COc1cc(CCl)ccc1OCc1nc(C)c(C)s1. The highest BCUT2D eigenvalue weighted by molar-refractivity contribution is 7.11. The van der Waals surface area contributed by atoms with Crippen molar-refractivity contribution in [1.82, 2.24) is 4.98 Å². The van der Waals surface area contributed by atoms with Gasteiger partial charge in [-0.05, 0) is 31.5 Å². The lowest BCUT2D eigenvalue weighted by molar-refractivity contribution is 0.284. The Morgan fingerprint density at radius 1 is 1.26 bits per heavy atom. The normalized spacial score (nSPS) is 10.5. The Kier molecular flexibility index (Phi) is 4.66. The van der Waals surface area contributed by atoms with Crippen molar-refractivity contribution in [1.29, 1.82) is 0 Å². The summed E-state index contributed by atoms with van der Waals surface area (Å²) in [5, 5.41) is 0.971. The van der Waals surface area contributed by atoms with Crippen molar-refractivity contribution in [3.05, 3.63) is 39.3 Å². The van der Waals surface area contributed by atoms with E-state index in [1.807, 2.05) is 25.1 Å². The maximum Gasteiger partial charge on any atom is 0.161 e. The van der Waals surface area contributed by atoms with Crippen LogP contribution >= 0.6 is 22.9 Å². The van der Waals surface area contributed by atoms with Gasteiger partial charge in [0.1, 0.15) is 11.6 Å². The van der Waals surface area contributed by atoms with Gasteiger partial charge in [0.15, 0.2) is 11.5 Å². The second-order valence-electron chi connectivity index (χ2n) is 4.16. The topological polar surface area (TPSA) is 31.4 Å². The Hall–Kier alpha value is -1.26. The van der Waals surface area contributed by atoms with E-state index >= 15 is 0 Å². The fourth-order valence-corrected chi connectivity index (χ4v) is 2.67. The molecule has 0 spiro atoms. The van der Waals surface area contributed by atoms with E-state index in [1.165, 1.54) is 4.88 Å². The first-order chi connectivity index (χ1) is 9.13. The molecule has 0 unspecified atom stereocenters. The quantitative estimate of drug-likeness (QED) is 0.779. The van der Waals surface area contributed by atoms with Gasteiger partial charge in [-0.1, -0.05) is 6.07 Å². The minimum Gasteiger partial charge on any atom is -0.493 e. The highest BCUT2D eigenvalue weighted by atomic mass is 35.5. The van der Waals surface area contributed by atoms with Crippen LogP contribution in [0.4, 0.5) is 0 Å². The van der Waals surface area contributed by atoms with Gasteiger partial charge in [-0.25, -0.2) is 4.98 Å². The fourth-order valence-electron chi connectivity index (χ4n) is 1.65. The zero-order valence-electron chi connectivity index (χ0n) is 11.2. The third-order valence-corrected chi connectivity index (χ3v) is 4.16. The Morgan fingerprint density at radius 2 is 2.05 bits per heavy atom. The molecule has 19 heavy (non-hydrogen) atoms. The molecular weight excluding hydrogens is 282 g/mol. The smallest absolute Gasteiger partial charge is 0.161 e. The van der Waals surface area contributed by atoms with Crippen LogP contribution in [0.3, 0.4) is 0 Å². The molecule has 0 N–H and O–H groups in total. The van der Waals surface area contributed by atoms with Gasteiger partial charge in [-0.3, -0.25) is 0 Å². The third-order valence-electron chi connectivity index (χ3n) is 2.81. The zero-order valence-corrected chi connectivity index (χ0v) is 12.8. The first kappa shape index (κ1) is 14.2. The molecule has 0 bridgehead atoms. The molecule has 0 saturated carbocycles. The van der Waals surface area contributed by atoms with Gasteiger partial charge in [0.2, 0.25) is 0 Å². The average Bonchev–Trinajstić information content (AvgIpc) is 2.75. The fraction of sp³-hybridized carbons (Fsp3) is 0.357. The van der Waals surface area contributed by atoms with Crippen LogP contribution in [0.15, 0.2) is 18.2 Å². The van der Waals surface area contributed by atoms with E-state index in [0.717, 1.165) is 16.3 Å². The number of rotatable bonds is 5. The Balaban J connectivity index is 2.10. The molecule has 1 aromatic carbocycles. The lowest BCUT2D eigenvalue weighted by atomic mass is 10.2. The van der Waals surface area contributed by atoms with Crippen LogP contribution in [-0.4, -0.2) is 12.1 Å². The first-order valence-electron chi connectivity index (χ1n) is 5.92. The molecule has 0 saturated heterocycles. The van der Waals surface area contributed by atoms with Crippen molar-refractivity contribution in [3.63, 3.8) is 0 Å². The molecular formula is C14H16ClNO2S. The Morgan fingerprint density at radius 3 is 2.63 bits per heavy atom. The van der Waals surface area contributed by atoms with Gasteiger partial charge < -0.3 is 9.47 Å². The van der Waals surface area contributed by atoms with Crippen molar-refractivity contribution in [3.8, 4) is 11.5 Å². The molecule has 0 atom stereocenters. The largest absolute Gasteiger partial charge is 0.493 e. The molecule has 0 fully saturated rings. The number of benzene rings is 1. The van der Waals surface area contributed by atoms with E-state index in [-0.39, 0.29) is 0 Å². The minimum atomic E-state index is 0.454. The van der Waals surface area contributed by atoms with Crippen molar-refractivity contribution in [2.75, 3.05) is 7.11 Å². The number of halogens is 1. The van der Waals surface area contributed by atoms with Gasteiger partial charge in [-0.2, -0.15) is 0 Å². The maximum atomic E-state index is 5.80. The van der Waals surface area contributed by atoms with Crippen LogP contribution in [0, 0.1) is 13.8 Å². The molecule has 5 heteroatoms. The maximum absolute atomic E-state index is 5.80. The molecule has 2 aromatic rings. The number of thiazole rings is 1. The second kappa shape index (κ2) is 6.26. The molecule has 2 rings (SSSR count). The standard InChI is InChI=1S/C14H16ClNO2S/c1-9-10(2)19-14(16-9)8-18-12-5-4-11(7-15)6-13(12)17-3/h4-6H,7-8H2,1-3H3. The van der Waals surface area contributed by atoms with E-state index in [4.69, 9.17) is 21.1 Å². The predicted octanol–water partition coefficient (Wildman–Crippen LogP) is 4.09. The van der Waals surface area contributed by atoms with Crippen molar-refractivity contribution in [2.45, 2.75) is 26.3 Å². The molecule has 1 aromatic heterocycles. The number of ether oxygens (including phenoxy) is 2. The van der Waals surface area contributed by atoms with Gasteiger partial charge in [0.05, 0.1) is 12.8 Å². The number of alkyl halides is 1. The first-order valence-corrected chi connectivity index (χ1v) is 7.27. The van der Waals surface area contributed by atoms with Crippen molar-refractivity contribution < 1.29 is 9.47 Å². The predicted molar refractivity (Wildman–Crippen MR) is 78.5 cm³/mol. The molecule has 1 heterocycles. The van der Waals surface area contributed by atoms with Gasteiger partial charge >= 0.3 is 0 Å². The summed E-state index contributed by atoms with van der Waals surface area (Å²) in [6.07, 6.45) is 0. The second-order valence-corrected chi connectivity index (χ2v) is 5.71. The molecule has 102 valence electrons. The third kappa shape index (κ3) is 3.39. The van der Waals surface area contributed by atoms with Gasteiger partial charge in [0, 0.05) is 10.8 Å². The van der Waals surface area contributed by atoms with Gasteiger partial charge in [0.25, 0.3) is 0 Å². The summed E-state index contributed by atoms with van der Waals surface area (Å²) in [5.41, 5.74) is 2.07. The van der Waals surface area contributed by atoms with E-state index < -0.39 is 0 Å². The summed E-state index contributed by atoms with van der Waals surface area (Å²) in [4.78, 5) is 5.67. The highest BCUT2D eigenvalue weighted by Crippen LogP contribution is 2.30. The monoisotopic (exact) mass is 297 g/mol. The lowest BCUT2D eigenvalue weighted by Crippen LogP contribution is -1.98. The number of hydrogen-bond acceptors (Lipinski definition) is 4. The van der Waals surface area contributed by atoms with E-state index in [2.05, 4.69) is 11.9 Å². The van der Waals surface area contributed by atoms with Crippen LogP contribution in [-0.2, 0) is 12.5 Å². The molecule has 0 aliphatic heterocycles. The molecule has 0 radical (unpaired) electrons. The van der Waals surface area contributed by atoms with E-state index in [9.17, 15) is 0 Å². The lowest BCUT2D eigenvalue weighted by Gasteiger charge is -2.10. The Labute approximate surface area is 122 Å². The number of aryl methyl sites for hydroxylation is 2. The van der Waals surface area contributed by atoms with Crippen LogP contribution in [0.1, 0.15) is 21.1 Å². The molecule has 3 nitrogen and oxygen atoms in total. The average molecular weight is 298 g/mol. The zero-order chi connectivity index (χ0) is 13.8. The van der Waals surface area contributed by atoms with Gasteiger partial charge in [-0.15, -0.1) is 22.9 Å². The number of methoxy groups -OCH3 is 1. The molecule has 0 aliphatic rings. The van der Waals surface area contributed by atoms with Crippen molar-refractivity contribution >= 4 is 22.9 Å². The minimum absolute atomic E-state index is 0.454. The van der Waals surface area contributed by atoms with E-state index in [1.54, 1.807) is 18.4 Å².